The van der Waals surface area contributed by atoms with Crippen molar-refractivity contribution < 1.29 is 0 Å². The van der Waals surface area contributed by atoms with Crippen LogP contribution in [-0.4, -0.2) is 23.6 Å². The Hall–Kier alpha value is -2.84. The first-order valence-electron chi connectivity index (χ1n) is 15.3. The van der Waals surface area contributed by atoms with Crippen LogP contribution in [0.25, 0.3) is 5.57 Å². The smallest absolute Gasteiger partial charge is 0.0718 e. The van der Waals surface area contributed by atoms with Gasteiger partial charge in [0.15, 0.2) is 0 Å². The van der Waals surface area contributed by atoms with Crippen molar-refractivity contribution in [2.24, 2.45) is 0 Å². The molecule has 0 aliphatic heterocycles. The van der Waals surface area contributed by atoms with E-state index in [1.165, 1.54) is 50.2 Å². The van der Waals surface area contributed by atoms with Gasteiger partial charge in [0.1, 0.15) is 0 Å². The molecule has 0 saturated carbocycles. The molecule has 1 atom stereocenters. The summed E-state index contributed by atoms with van der Waals surface area (Å²) in [6, 6.07) is 24.0. The van der Waals surface area contributed by atoms with Gasteiger partial charge in [-0.3, -0.25) is 0 Å². The molecule has 1 aliphatic carbocycles. The first-order valence-corrected chi connectivity index (χ1v) is 16.7. The fourth-order valence-corrected chi connectivity index (χ4v) is 9.96. The standard InChI is InChI=1S/C39H53NSi/c1-25-17-26(2)19-35(18-25)41-39(24-30-15-14-16-34(20-30)40(12)13)29(5)27(3)28(4)36(39)31-21-32(37(6,7)8)23-33(22-31)38(9,10)11/h14-23H,24,41H2,1-13H3. The lowest BCUT2D eigenvalue weighted by atomic mass is 9.76. The van der Waals surface area contributed by atoms with Crippen LogP contribution in [0.5, 0.6) is 0 Å². The molecular formula is C39H53NSi. The molecule has 0 bridgehead atoms. The highest BCUT2D eigenvalue weighted by molar-refractivity contribution is 6.61. The highest BCUT2D eigenvalue weighted by Gasteiger charge is 2.44. The average molecular weight is 564 g/mol. The molecular weight excluding hydrogens is 511 g/mol. The van der Waals surface area contributed by atoms with Crippen LogP contribution in [0.15, 0.2) is 77.4 Å². The van der Waals surface area contributed by atoms with Gasteiger partial charge in [0.25, 0.3) is 0 Å². The molecule has 0 saturated heterocycles. The zero-order valence-corrected chi connectivity index (χ0v) is 29.5. The second-order valence-corrected chi connectivity index (χ2v) is 17.4. The second-order valence-electron chi connectivity index (χ2n) is 15.0. The fraction of sp³-hybridized carbons (Fsp3) is 0.436. The third-order valence-electron chi connectivity index (χ3n) is 9.37. The van der Waals surface area contributed by atoms with Gasteiger partial charge in [-0.2, -0.15) is 0 Å². The maximum absolute atomic E-state index is 2.53. The lowest BCUT2D eigenvalue weighted by molar-refractivity contribution is 0.568. The molecule has 1 unspecified atom stereocenters. The Morgan fingerprint density at radius 2 is 1.24 bits per heavy atom. The van der Waals surface area contributed by atoms with Gasteiger partial charge in [0, 0.05) is 24.8 Å². The van der Waals surface area contributed by atoms with Crippen LogP contribution in [0.1, 0.15) is 95.7 Å². The number of hydrogen-bond acceptors (Lipinski definition) is 1. The van der Waals surface area contributed by atoms with Crippen molar-refractivity contribution in [3.63, 3.8) is 0 Å². The van der Waals surface area contributed by atoms with Crippen molar-refractivity contribution in [1.82, 2.24) is 0 Å². The number of aryl methyl sites for hydroxylation is 2. The van der Waals surface area contributed by atoms with Gasteiger partial charge >= 0.3 is 0 Å². The summed E-state index contributed by atoms with van der Waals surface area (Å²) >= 11 is 0. The minimum atomic E-state index is -0.785. The monoisotopic (exact) mass is 563 g/mol. The summed E-state index contributed by atoms with van der Waals surface area (Å²) in [4.78, 5) is 2.23. The van der Waals surface area contributed by atoms with E-state index >= 15 is 0 Å². The van der Waals surface area contributed by atoms with Crippen LogP contribution in [-0.2, 0) is 17.3 Å². The van der Waals surface area contributed by atoms with Crippen LogP contribution in [0.4, 0.5) is 5.69 Å². The van der Waals surface area contributed by atoms with Crippen LogP contribution in [0.3, 0.4) is 0 Å². The van der Waals surface area contributed by atoms with Gasteiger partial charge in [0.05, 0.1) is 9.52 Å². The van der Waals surface area contributed by atoms with Crippen molar-refractivity contribution in [1.29, 1.82) is 0 Å². The Bertz CT molecular complexity index is 1470. The summed E-state index contributed by atoms with van der Waals surface area (Å²) in [6.07, 6.45) is 1.04. The molecule has 4 rings (SSSR count). The number of nitrogens with zero attached hydrogens (tertiary/aromatic N) is 1. The Balaban J connectivity index is 2.04. The van der Waals surface area contributed by atoms with Crippen LogP contribution in [0, 0.1) is 13.8 Å². The molecule has 3 aromatic carbocycles. The summed E-state index contributed by atoms with van der Waals surface area (Å²) in [5, 5.41) is 1.57. The Morgan fingerprint density at radius 1 is 0.683 bits per heavy atom. The number of rotatable bonds is 6. The number of allylic oxidation sites excluding steroid dienone is 4. The highest BCUT2D eigenvalue weighted by atomic mass is 28.2. The van der Waals surface area contributed by atoms with Crippen molar-refractivity contribution in [2.45, 2.75) is 98.5 Å². The summed E-state index contributed by atoms with van der Waals surface area (Å²) < 4.78 is 0. The topological polar surface area (TPSA) is 3.24 Å². The summed E-state index contributed by atoms with van der Waals surface area (Å²) in [7, 11) is 3.50. The van der Waals surface area contributed by atoms with Crippen molar-refractivity contribution in [2.75, 3.05) is 19.0 Å². The van der Waals surface area contributed by atoms with E-state index in [1.807, 2.05) is 0 Å². The predicted molar refractivity (Wildman–Crippen MR) is 186 cm³/mol. The van der Waals surface area contributed by atoms with Gasteiger partial charge in [0.2, 0.25) is 0 Å². The van der Waals surface area contributed by atoms with E-state index in [4.69, 9.17) is 0 Å². The van der Waals surface area contributed by atoms with Crippen LogP contribution in [0.2, 0.25) is 5.04 Å². The van der Waals surface area contributed by atoms with Gasteiger partial charge in [-0.25, -0.2) is 0 Å². The molecule has 41 heavy (non-hydrogen) atoms. The zero-order valence-electron chi connectivity index (χ0n) is 28.1. The highest BCUT2D eigenvalue weighted by Crippen LogP contribution is 2.59. The van der Waals surface area contributed by atoms with Crippen molar-refractivity contribution >= 4 is 26.0 Å². The molecule has 3 aromatic rings. The molecule has 0 aromatic heterocycles. The number of anilines is 1. The first kappa shape index (κ1) is 31.1. The molecule has 0 fully saturated rings. The molecule has 0 radical (unpaired) electrons. The zero-order chi connectivity index (χ0) is 30.5. The van der Waals surface area contributed by atoms with Gasteiger partial charge in [-0.1, -0.05) is 112 Å². The van der Waals surface area contributed by atoms with Gasteiger partial charge < -0.3 is 4.90 Å². The number of hydrogen-bond donors (Lipinski definition) is 0. The lowest BCUT2D eigenvalue weighted by Gasteiger charge is -2.37. The number of benzene rings is 3. The van der Waals surface area contributed by atoms with Crippen LogP contribution < -0.4 is 10.1 Å². The van der Waals surface area contributed by atoms with Gasteiger partial charge in [-0.05, 0) is 103 Å². The van der Waals surface area contributed by atoms with E-state index in [9.17, 15) is 0 Å². The second kappa shape index (κ2) is 11.1. The van der Waals surface area contributed by atoms with Crippen molar-refractivity contribution in [3.05, 3.63) is 111 Å². The minimum Gasteiger partial charge on any atom is -0.378 e. The minimum absolute atomic E-state index is 0.00496. The molecule has 0 spiro atoms. The third-order valence-corrected chi connectivity index (χ3v) is 11.9. The Kier molecular flexibility index (Phi) is 8.42. The van der Waals surface area contributed by atoms with E-state index < -0.39 is 9.52 Å². The fourth-order valence-electron chi connectivity index (χ4n) is 6.82. The molecule has 218 valence electrons. The molecule has 2 heteroatoms. The van der Waals surface area contributed by atoms with Crippen LogP contribution >= 0.6 is 0 Å². The Morgan fingerprint density at radius 3 is 1.76 bits per heavy atom. The third kappa shape index (κ3) is 6.33. The maximum atomic E-state index is 2.53. The molecule has 0 heterocycles. The Labute approximate surface area is 253 Å². The predicted octanol–water partition coefficient (Wildman–Crippen LogP) is 8.98. The molecule has 1 nitrogen and oxygen atoms in total. The summed E-state index contributed by atoms with van der Waals surface area (Å²) in [5.74, 6) is 0. The molecule has 0 amide bonds. The molecule has 0 N–H and O–H groups in total. The maximum Gasteiger partial charge on any atom is 0.0718 e. The summed E-state index contributed by atoms with van der Waals surface area (Å²) in [6.45, 7) is 25.8. The normalized spacial score (nSPS) is 18.3. The van der Waals surface area contributed by atoms with E-state index in [2.05, 4.69) is 156 Å². The van der Waals surface area contributed by atoms with E-state index in [-0.39, 0.29) is 15.9 Å². The quantitative estimate of drug-likeness (QED) is 0.271. The SMILES string of the molecule is CC1=C(C)C(Cc2cccc(N(C)C)c2)([SiH2]c2cc(C)cc(C)c2)C(c2cc(C(C)(C)C)cc(C(C)(C)C)c2)=C1C. The van der Waals surface area contributed by atoms with E-state index in [0.29, 0.717) is 0 Å². The van der Waals surface area contributed by atoms with E-state index in [0.717, 1.165) is 6.42 Å². The average Bonchev–Trinajstić information content (AvgIpc) is 3.02. The summed E-state index contributed by atoms with van der Waals surface area (Å²) in [5.41, 5.74) is 16.0. The van der Waals surface area contributed by atoms with Crippen molar-refractivity contribution in [3.8, 4) is 0 Å². The van der Waals surface area contributed by atoms with Gasteiger partial charge in [-0.15, -0.1) is 0 Å². The van der Waals surface area contributed by atoms with E-state index in [1.54, 1.807) is 16.3 Å². The largest absolute Gasteiger partial charge is 0.378 e. The lowest BCUT2D eigenvalue weighted by Crippen LogP contribution is -2.34. The first-order chi connectivity index (χ1) is 18.9. The molecule has 1 aliphatic rings.